The molecule has 102 valence electrons. The molecule has 1 aliphatic carbocycles. The fourth-order valence-electron chi connectivity index (χ4n) is 2.64. The van der Waals surface area contributed by atoms with E-state index in [-0.39, 0.29) is 11.0 Å². The number of thioether (sulfide) groups is 1. The number of carboxylic acids is 1. The Labute approximate surface area is 116 Å². The van der Waals surface area contributed by atoms with Crippen molar-refractivity contribution in [2.24, 2.45) is 0 Å². The summed E-state index contributed by atoms with van der Waals surface area (Å²) in [7, 11) is 0. The van der Waals surface area contributed by atoms with E-state index in [2.05, 4.69) is 6.07 Å². The zero-order valence-electron chi connectivity index (χ0n) is 10.6. The van der Waals surface area contributed by atoms with E-state index in [1.807, 2.05) is 6.07 Å². The summed E-state index contributed by atoms with van der Waals surface area (Å²) >= 11 is 1.50. The second kappa shape index (κ2) is 5.33. The molecule has 1 heterocycles. The van der Waals surface area contributed by atoms with Crippen LogP contribution in [0, 0.1) is 0 Å². The van der Waals surface area contributed by atoms with Gasteiger partial charge in [-0.3, -0.25) is 4.79 Å². The third-order valence-electron chi connectivity index (χ3n) is 3.47. The molecule has 0 amide bonds. The molecule has 0 bridgehead atoms. The van der Waals surface area contributed by atoms with Gasteiger partial charge in [0.15, 0.2) is 11.5 Å². The summed E-state index contributed by atoms with van der Waals surface area (Å²) < 4.78 is 11.2. The molecule has 0 fully saturated rings. The van der Waals surface area contributed by atoms with Gasteiger partial charge in [0.05, 0.1) is 5.75 Å². The molecule has 3 rings (SSSR count). The maximum absolute atomic E-state index is 10.7. The number of ether oxygens (including phenoxy) is 2. The van der Waals surface area contributed by atoms with Gasteiger partial charge in [0.2, 0.25) is 0 Å². The van der Waals surface area contributed by atoms with Crippen molar-refractivity contribution in [2.45, 2.75) is 24.5 Å². The van der Waals surface area contributed by atoms with Crippen molar-refractivity contribution < 1.29 is 19.4 Å². The Morgan fingerprint density at radius 1 is 1.32 bits per heavy atom. The van der Waals surface area contributed by atoms with Crippen LogP contribution in [-0.4, -0.2) is 30.0 Å². The number of hydrogen-bond acceptors (Lipinski definition) is 4. The number of carbonyl (C=O) groups is 1. The minimum absolute atomic E-state index is 0.151. The van der Waals surface area contributed by atoms with E-state index >= 15 is 0 Å². The molecule has 1 unspecified atom stereocenters. The standard InChI is InChI=1S/C14H16O4S/c15-14(16)8-19-13-3-1-2-9-6-11-12(7-10(9)13)18-5-4-17-11/h6-7,13H,1-5,8H2,(H,15,16). The van der Waals surface area contributed by atoms with Crippen LogP contribution in [0.3, 0.4) is 0 Å². The predicted octanol–water partition coefficient (Wildman–Crippen LogP) is 2.65. The average molecular weight is 280 g/mol. The monoisotopic (exact) mass is 280 g/mol. The molecule has 1 aliphatic heterocycles. The molecule has 1 atom stereocenters. The van der Waals surface area contributed by atoms with Crippen molar-refractivity contribution in [3.05, 3.63) is 23.3 Å². The first-order valence-electron chi connectivity index (χ1n) is 6.50. The molecule has 19 heavy (non-hydrogen) atoms. The maximum atomic E-state index is 10.7. The summed E-state index contributed by atoms with van der Waals surface area (Å²) in [5.74, 6) is 1.02. The van der Waals surface area contributed by atoms with Crippen molar-refractivity contribution in [3.8, 4) is 11.5 Å². The highest BCUT2D eigenvalue weighted by Gasteiger charge is 2.25. The highest BCUT2D eigenvalue weighted by Crippen LogP contribution is 2.44. The fourth-order valence-corrected chi connectivity index (χ4v) is 3.72. The van der Waals surface area contributed by atoms with Gasteiger partial charge in [-0.1, -0.05) is 0 Å². The van der Waals surface area contributed by atoms with Crippen molar-refractivity contribution in [2.75, 3.05) is 19.0 Å². The van der Waals surface area contributed by atoms with Crippen molar-refractivity contribution in [1.29, 1.82) is 0 Å². The van der Waals surface area contributed by atoms with Crippen LogP contribution in [0.25, 0.3) is 0 Å². The van der Waals surface area contributed by atoms with Crippen LogP contribution >= 0.6 is 11.8 Å². The Morgan fingerprint density at radius 2 is 2.05 bits per heavy atom. The first kappa shape index (κ1) is 12.7. The van der Waals surface area contributed by atoms with E-state index in [1.54, 1.807) is 0 Å². The van der Waals surface area contributed by atoms with Gasteiger partial charge in [0.1, 0.15) is 13.2 Å². The summed E-state index contributed by atoms with van der Waals surface area (Å²) in [6.45, 7) is 1.18. The first-order valence-corrected chi connectivity index (χ1v) is 7.55. The molecular weight excluding hydrogens is 264 g/mol. The van der Waals surface area contributed by atoms with Crippen LogP contribution in [0.4, 0.5) is 0 Å². The molecule has 2 aliphatic rings. The maximum Gasteiger partial charge on any atom is 0.313 e. The van der Waals surface area contributed by atoms with E-state index < -0.39 is 5.97 Å². The van der Waals surface area contributed by atoms with Crippen LogP contribution < -0.4 is 9.47 Å². The van der Waals surface area contributed by atoms with E-state index in [1.165, 1.54) is 22.9 Å². The van der Waals surface area contributed by atoms with Crippen molar-refractivity contribution in [3.63, 3.8) is 0 Å². The zero-order valence-corrected chi connectivity index (χ0v) is 11.4. The van der Waals surface area contributed by atoms with Gasteiger partial charge < -0.3 is 14.6 Å². The van der Waals surface area contributed by atoms with E-state index in [9.17, 15) is 4.79 Å². The molecule has 1 N–H and O–H groups in total. The summed E-state index contributed by atoms with van der Waals surface area (Å²) in [6.07, 6.45) is 3.17. The van der Waals surface area contributed by atoms with Gasteiger partial charge in [0.25, 0.3) is 0 Å². The van der Waals surface area contributed by atoms with Crippen LogP contribution in [-0.2, 0) is 11.2 Å². The van der Waals surface area contributed by atoms with Crippen molar-refractivity contribution in [1.82, 2.24) is 0 Å². The molecule has 0 radical (unpaired) electrons. The Hall–Kier alpha value is -1.36. The van der Waals surface area contributed by atoms with Gasteiger partial charge in [0, 0.05) is 5.25 Å². The lowest BCUT2D eigenvalue weighted by Gasteiger charge is -2.28. The van der Waals surface area contributed by atoms with E-state index in [4.69, 9.17) is 14.6 Å². The third kappa shape index (κ3) is 2.66. The number of rotatable bonds is 3. The lowest BCUT2D eigenvalue weighted by atomic mass is 9.90. The first-order chi connectivity index (χ1) is 9.24. The topological polar surface area (TPSA) is 55.8 Å². The summed E-state index contributed by atoms with van der Waals surface area (Å²) in [6, 6.07) is 4.11. The summed E-state index contributed by atoms with van der Waals surface area (Å²) in [5, 5.41) is 9.08. The van der Waals surface area contributed by atoms with Gasteiger partial charge in [-0.15, -0.1) is 11.8 Å². The quantitative estimate of drug-likeness (QED) is 0.922. The second-order valence-electron chi connectivity index (χ2n) is 4.78. The minimum Gasteiger partial charge on any atom is -0.486 e. The van der Waals surface area contributed by atoms with Gasteiger partial charge in [-0.05, 0) is 42.5 Å². The SMILES string of the molecule is O=C(O)CSC1CCCc2cc3c(cc21)OCCO3. The minimum atomic E-state index is -0.755. The van der Waals surface area contributed by atoms with E-state index in [0.717, 1.165) is 30.8 Å². The van der Waals surface area contributed by atoms with Crippen LogP contribution in [0.1, 0.15) is 29.2 Å². The van der Waals surface area contributed by atoms with Crippen LogP contribution in [0.5, 0.6) is 11.5 Å². The van der Waals surface area contributed by atoms with Crippen molar-refractivity contribution >= 4 is 17.7 Å². The molecule has 1 aromatic rings. The number of benzene rings is 1. The Kier molecular flexibility index (Phi) is 3.55. The molecule has 5 heteroatoms. The van der Waals surface area contributed by atoms with Gasteiger partial charge >= 0.3 is 5.97 Å². The molecule has 0 aromatic heterocycles. The molecule has 0 spiro atoms. The fraction of sp³-hybridized carbons (Fsp3) is 0.500. The zero-order chi connectivity index (χ0) is 13.2. The number of carboxylic acid groups (broad SMARTS) is 1. The average Bonchev–Trinajstić information content (AvgIpc) is 2.42. The second-order valence-corrected chi connectivity index (χ2v) is 5.97. The highest BCUT2D eigenvalue weighted by molar-refractivity contribution is 8.00. The lowest BCUT2D eigenvalue weighted by Crippen LogP contribution is -2.17. The Balaban J connectivity index is 1.88. The van der Waals surface area contributed by atoms with Gasteiger partial charge in [-0.2, -0.15) is 0 Å². The predicted molar refractivity (Wildman–Crippen MR) is 73.2 cm³/mol. The smallest absolute Gasteiger partial charge is 0.313 e. The van der Waals surface area contributed by atoms with E-state index in [0.29, 0.717) is 13.2 Å². The molecule has 1 aromatic carbocycles. The van der Waals surface area contributed by atoms with Crippen LogP contribution in [0.2, 0.25) is 0 Å². The molecule has 0 saturated carbocycles. The number of fused-ring (bicyclic) bond motifs is 2. The summed E-state index contributed by atoms with van der Waals surface area (Å²) in [4.78, 5) is 10.7. The molecule has 4 nitrogen and oxygen atoms in total. The highest BCUT2D eigenvalue weighted by atomic mass is 32.2. The molecular formula is C14H16O4S. The van der Waals surface area contributed by atoms with Gasteiger partial charge in [-0.25, -0.2) is 0 Å². The normalized spacial score (nSPS) is 20.7. The largest absolute Gasteiger partial charge is 0.486 e. The number of hydrogen-bond donors (Lipinski definition) is 1. The Morgan fingerprint density at radius 3 is 2.79 bits per heavy atom. The number of aryl methyl sites for hydroxylation is 1. The third-order valence-corrected chi connectivity index (χ3v) is 4.78. The number of aliphatic carboxylic acids is 1. The Bertz CT molecular complexity index is 500. The molecule has 0 saturated heterocycles. The lowest BCUT2D eigenvalue weighted by molar-refractivity contribution is -0.133. The summed E-state index contributed by atoms with van der Waals surface area (Å²) in [5.41, 5.74) is 2.50. The van der Waals surface area contributed by atoms with Crippen LogP contribution in [0.15, 0.2) is 12.1 Å².